The Kier molecular flexibility index (Phi) is 3.41. The highest BCUT2D eigenvalue weighted by molar-refractivity contribution is 6.00. The number of pyridine rings is 1. The number of methoxy groups -OCH3 is 1. The smallest absolute Gasteiger partial charge is 0.261 e. The molecular formula is C23H21NO4. The van der Waals surface area contributed by atoms with Gasteiger partial charge in [-0.25, -0.2) is 0 Å². The number of nitrogens with zero attached hydrogens (tertiary/aromatic N) is 1. The number of carbonyl (C=O) groups excluding carboxylic acids is 1. The summed E-state index contributed by atoms with van der Waals surface area (Å²) in [5.41, 5.74) is -0.324. The van der Waals surface area contributed by atoms with Crippen molar-refractivity contribution in [2.24, 2.45) is 5.41 Å². The molecule has 1 aliphatic heterocycles. The average Bonchev–Trinajstić information content (AvgIpc) is 3.08. The van der Waals surface area contributed by atoms with Crippen LogP contribution in [0.5, 0.6) is 5.75 Å². The van der Waals surface area contributed by atoms with Gasteiger partial charge in [0, 0.05) is 41.5 Å². The number of carbonyl (C=O) groups is 1. The first-order valence-corrected chi connectivity index (χ1v) is 9.48. The Balaban J connectivity index is 1.97. The molecule has 3 aromatic rings. The summed E-state index contributed by atoms with van der Waals surface area (Å²) in [5, 5.41) is 12.9. The number of rotatable bonds is 2. The van der Waals surface area contributed by atoms with Gasteiger partial charge in [0.05, 0.1) is 12.5 Å². The summed E-state index contributed by atoms with van der Waals surface area (Å²) < 4.78 is 7.08. The van der Waals surface area contributed by atoms with Crippen LogP contribution in [0.1, 0.15) is 25.5 Å². The zero-order valence-corrected chi connectivity index (χ0v) is 15.9. The average molecular weight is 375 g/mol. The summed E-state index contributed by atoms with van der Waals surface area (Å²) in [6.45, 7) is 1.78. The summed E-state index contributed by atoms with van der Waals surface area (Å²) in [5.74, 6) is 0.697. The lowest BCUT2D eigenvalue weighted by atomic mass is 9.79. The lowest BCUT2D eigenvalue weighted by molar-refractivity contribution is -0.142. The fourth-order valence-corrected chi connectivity index (χ4v) is 5.10. The normalized spacial score (nSPS) is 25.8. The maximum atomic E-state index is 13.4. The maximum absolute atomic E-state index is 13.4. The van der Waals surface area contributed by atoms with E-state index in [0.29, 0.717) is 23.3 Å². The lowest BCUT2D eigenvalue weighted by Crippen LogP contribution is -2.47. The van der Waals surface area contributed by atoms with E-state index in [1.54, 1.807) is 20.1 Å². The van der Waals surface area contributed by atoms with E-state index < -0.39 is 11.1 Å². The minimum Gasteiger partial charge on any atom is -0.496 e. The van der Waals surface area contributed by atoms with E-state index in [1.807, 2.05) is 42.5 Å². The summed E-state index contributed by atoms with van der Waals surface area (Å²) in [7, 11) is 1.61. The van der Waals surface area contributed by atoms with Crippen molar-refractivity contribution in [3.05, 3.63) is 64.6 Å². The van der Waals surface area contributed by atoms with Gasteiger partial charge in [-0.1, -0.05) is 36.4 Å². The maximum Gasteiger partial charge on any atom is 0.261 e. The number of fused-ring (bicyclic) bond motifs is 4. The Bertz CT molecular complexity index is 1210. The predicted octanol–water partition coefficient (Wildman–Crippen LogP) is 3.25. The Morgan fingerprint density at radius 3 is 2.46 bits per heavy atom. The standard InChI is InChI=1S/C23H21NO4/c1-22-13-17-20(16-9-5-6-10-18(16)28-2)14-7-3-4-8-15(14)21(26)24(17)23(22,27)12-11-19(22)25/h3-10,27H,11-13H2,1-2H3/t22-,23-/m0/s1. The predicted molar refractivity (Wildman–Crippen MR) is 106 cm³/mol. The molecule has 1 saturated carbocycles. The number of ketones is 1. The number of para-hydroxylation sites is 1. The van der Waals surface area contributed by atoms with E-state index in [-0.39, 0.29) is 24.2 Å². The van der Waals surface area contributed by atoms with Gasteiger partial charge in [0.15, 0.2) is 5.72 Å². The van der Waals surface area contributed by atoms with Crippen LogP contribution in [0.2, 0.25) is 0 Å². The van der Waals surface area contributed by atoms with Gasteiger partial charge < -0.3 is 9.84 Å². The van der Waals surface area contributed by atoms with Crippen LogP contribution in [0.25, 0.3) is 21.9 Å². The minimum atomic E-state index is -1.49. The van der Waals surface area contributed by atoms with Crippen molar-refractivity contribution in [2.45, 2.75) is 31.9 Å². The second kappa shape index (κ2) is 5.55. The molecule has 1 aromatic heterocycles. The molecule has 0 amide bonds. The number of benzene rings is 2. The topological polar surface area (TPSA) is 68.5 Å². The quantitative estimate of drug-likeness (QED) is 0.747. The van der Waals surface area contributed by atoms with Crippen molar-refractivity contribution in [3.63, 3.8) is 0 Å². The zero-order valence-electron chi connectivity index (χ0n) is 15.9. The van der Waals surface area contributed by atoms with Gasteiger partial charge in [0.25, 0.3) is 5.56 Å². The third-order valence-corrected chi connectivity index (χ3v) is 6.66. The molecule has 5 heteroatoms. The number of Topliss-reactive ketones (excluding diaryl/α,β-unsaturated/α-hetero) is 1. The van der Waals surface area contributed by atoms with E-state index in [0.717, 1.165) is 16.5 Å². The molecule has 28 heavy (non-hydrogen) atoms. The van der Waals surface area contributed by atoms with Crippen LogP contribution < -0.4 is 10.3 Å². The molecule has 0 spiro atoms. The fraction of sp³-hybridized carbons (Fsp3) is 0.304. The Morgan fingerprint density at radius 2 is 1.71 bits per heavy atom. The van der Waals surface area contributed by atoms with Gasteiger partial charge in [-0.2, -0.15) is 0 Å². The third kappa shape index (κ3) is 1.89. The van der Waals surface area contributed by atoms with Gasteiger partial charge >= 0.3 is 0 Å². The first-order valence-electron chi connectivity index (χ1n) is 9.48. The number of ether oxygens (including phenoxy) is 1. The van der Waals surface area contributed by atoms with Crippen LogP contribution in [-0.2, 0) is 16.9 Å². The van der Waals surface area contributed by atoms with Crippen LogP contribution in [-0.4, -0.2) is 22.6 Å². The molecule has 142 valence electrons. The first kappa shape index (κ1) is 17.2. The number of aliphatic hydroxyl groups is 1. The Morgan fingerprint density at radius 1 is 1.04 bits per heavy atom. The summed E-state index contributed by atoms with van der Waals surface area (Å²) in [6.07, 6.45) is 0.879. The van der Waals surface area contributed by atoms with Crippen molar-refractivity contribution in [1.82, 2.24) is 4.57 Å². The van der Waals surface area contributed by atoms with Crippen LogP contribution in [0, 0.1) is 5.41 Å². The fourth-order valence-electron chi connectivity index (χ4n) is 5.10. The molecule has 1 N–H and O–H groups in total. The molecule has 0 bridgehead atoms. The summed E-state index contributed by atoms with van der Waals surface area (Å²) in [6, 6.07) is 15.1. The van der Waals surface area contributed by atoms with E-state index >= 15 is 0 Å². The molecule has 1 aliphatic carbocycles. The summed E-state index contributed by atoms with van der Waals surface area (Å²) in [4.78, 5) is 26.1. The molecule has 1 fully saturated rings. The Labute approximate surface area is 162 Å². The molecule has 5 rings (SSSR count). The van der Waals surface area contributed by atoms with E-state index in [2.05, 4.69) is 0 Å². The molecule has 2 aliphatic rings. The molecule has 2 aromatic carbocycles. The summed E-state index contributed by atoms with van der Waals surface area (Å²) >= 11 is 0. The van der Waals surface area contributed by atoms with Crippen LogP contribution >= 0.6 is 0 Å². The molecule has 2 atom stereocenters. The van der Waals surface area contributed by atoms with E-state index in [9.17, 15) is 14.7 Å². The number of hydrogen-bond donors (Lipinski definition) is 1. The second-order valence-corrected chi connectivity index (χ2v) is 7.96. The molecule has 5 nitrogen and oxygen atoms in total. The van der Waals surface area contributed by atoms with Gasteiger partial charge in [0.1, 0.15) is 11.5 Å². The molecule has 0 unspecified atom stereocenters. The van der Waals surface area contributed by atoms with Gasteiger partial charge in [-0.15, -0.1) is 0 Å². The lowest BCUT2D eigenvalue weighted by Gasteiger charge is -2.32. The Hall–Kier alpha value is -2.92. The second-order valence-electron chi connectivity index (χ2n) is 7.96. The van der Waals surface area contributed by atoms with Crippen molar-refractivity contribution in [1.29, 1.82) is 0 Å². The highest BCUT2D eigenvalue weighted by Crippen LogP contribution is 2.55. The van der Waals surface area contributed by atoms with Crippen molar-refractivity contribution in [3.8, 4) is 16.9 Å². The largest absolute Gasteiger partial charge is 0.496 e. The van der Waals surface area contributed by atoms with Crippen LogP contribution in [0.3, 0.4) is 0 Å². The van der Waals surface area contributed by atoms with E-state index in [1.165, 1.54) is 4.57 Å². The SMILES string of the molecule is COc1ccccc1-c1c2n(c(=O)c3ccccc13)[C@]1(O)CCC(=O)[C@]1(C)C2. The molecule has 2 heterocycles. The zero-order chi connectivity index (χ0) is 19.7. The van der Waals surface area contributed by atoms with Gasteiger partial charge in [0.2, 0.25) is 0 Å². The van der Waals surface area contributed by atoms with Crippen molar-refractivity contribution in [2.75, 3.05) is 7.11 Å². The third-order valence-electron chi connectivity index (χ3n) is 6.66. The first-order chi connectivity index (χ1) is 13.4. The van der Waals surface area contributed by atoms with Gasteiger partial charge in [-0.3, -0.25) is 14.2 Å². The monoisotopic (exact) mass is 375 g/mol. The number of aromatic nitrogens is 1. The highest BCUT2D eigenvalue weighted by atomic mass is 16.5. The number of hydrogen-bond acceptors (Lipinski definition) is 4. The van der Waals surface area contributed by atoms with Crippen molar-refractivity contribution < 1.29 is 14.6 Å². The highest BCUT2D eigenvalue weighted by Gasteiger charge is 2.63. The molecular weight excluding hydrogens is 354 g/mol. The molecule has 0 radical (unpaired) electrons. The molecule has 0 saturated heterocycles. The van der Waals surface area contributed by atoms with Gasteiger partial charge in [-0.05, 0) is 24.4 Å². The van der Waals surface area contributed by atoms with Crippen molar-refractivity contribution >= 4 is 16.6 Å². The van der Waals surface area contributed by atoms with Crippen LogP contribution in [0.15, 0.2) is 53.3 Å². The minimum absolute atomic E-state index is 0.00753. The van der Waals surface area contributed by atoms with E-state index in [4.69, 9.17) is 4.74 Å². The van der Waals surface area contributed by atoms with Crippen LogP contribution in [0.4, 0.5) is 0 Å².